The fraction of sp³-hybridized carbons (Fsp3) is 0.0435. The second-order valence-corrected chi connectivity index (χ2v) is 7.19. The van der Waals surface area contributed by atoms with Crippen LogP contribution >= 0.6 is 23.2 Å². The Kier molecular flexibility index (Phi) is 5.65. The highest BCUT2D eigenvalue weighted by molar-refractivity contribution is 6.33. The maximum Gasteiger partial charge on any atom is 0.368 e. The van der Waals surface area contributed by atoms with Gasteiger partial charge in [0, 0.05) is 10.6 Å². The Bertz CT molecular complexity index is 1110. The average molecular weight is 424 g/mol. The van der Waals surface area contributed by atoms with Crippen LogP contribution < -0.4 is 4.74 Å². The van der Waals surface area contributed by atoms with Gasteiger partial charge >= 0.3 is 5.97 Å². The van der Waals surface area contributed by atoms with E-state index in [1.54, 1.807) is 18.2 Å². The van der Waals surface area contributed by atoms with Gasteiger partial charge in [-0.2, -0.15) is 0 Å². The van der Waals surface area contributed by atoms with Crippen LogP contribution in [-0.4, -0.2) is 11.7 Å². The normalized spacial score (nSPS) is 14.6. The predicted octanol–water partition coefficient (Wildman–Crippen LogP) is 5.92. The number of carbonyl (C=O) groups is 1. The topological polar surface area (TPSA) is 47.9 Å². The molecular formula is C23H15Cl2NO3. The number of hydrogen-bond donors (Lipinski definition) is 0. The van der Waals surface area contributed by atoms with Gasteiger partial charge in [-0.25, -0.2) is 4.79 Å². The molecule has 29 heavy (non-hydrogen) atoms. The van der Waals surface area contributed by atoms with Crippen LogP contribution in [0.5, 0.6) is 5.75 Å². The molecule has 0 saturated carbocycles. The molecule has 0 aliphatic carbocycles. The van der Waals surface area contributed by atoms with Gasteiger partial charge in [0.2, 0.25) is 0 Å². The summed E-state index contributed by atoms with van der Waals surface area (Å²) in [5, 5.41) is 5.02. The Morgan fingerprint density at radius 2 is 1.72 bits per heavy atom. The van der Waals surface area contributed by atoms with Crippen molar-refractivity contribution in [3.05, 3.63) is 105 Å². The molecule has 0 saturated heterocycles. The van der Waals surface area contributed by atoms with E-state index in [9.17, 15) is 4.79 Å². The molecule has 6 heteroatoms. The molecule has 0 radical (unpaired) electrons. The number of benzene rings is 3. The Labute approximate surface area is 178 Å². The lowest BCUT2D eigenvalue weighted by Crippen LogP contribution is -2.06. The van der Waals surface area contributed by atoms with Crippen molar-refractivity contribution < 1.29 is 14.4 Å². The zero-order valence-corrected chi connectivity index (χ0v) is 16.7. The van der Waals surface area contributed by atoms with Gasteiger partial charge in [-0.1, -0.05) is 76.9 Å². The van der Waals surface area contributed by atoms with Crippen LogP contribution in [-0.2, 0) is 16.2 Å². The summed E-state index contributed by atoms with van der Waals surface area (Å²) in [5.41, 5.74) is 3.40. The molecule has 0 aromatic heterocycles. The van der Waals surface area contributed by atoms with Gasteiger partial charge in [0.1, 0.15) is 18.1 Å². The van der Waals surface area contributed by atoms with Crippen LogP contribution in [0.3, 0.4) is 0 Å². The number of oxime groups is 1. The third kappa shape index (κ3) is 4.50. The molecule has 1 aliphatic heterocycles. The molecule has 1 aliphatic rings. The molecule has 144 valence electrons. The number of carbonyl (C=O) groups excluding carboxylic acids is 1. The fourth-order valence-electron chi connectivity index (χ4n) is 2.85. The maximum atomic E-state index is 12.1. The van der Waals surface area contributed by atoms with Gasteiger partial charge in [-0.05, 0) is 41.5 Å². The second kappa shape index (κ2) is 8.52. The lowest BCUT2D eigenvalue weighted by molar-refractivity contribution is -0.136. The van der Waals surface area contributed by atoms with Crippen molar-refractivity contribution in [3.8, 4) is 5.75 Å². The van der Waals surface area contributed by atoms with E-state index in [0.717, 1.165) is 16.7 Å². The van der Waals surface area contributed by atoms with E-state index in [0.29, 0.717) is 33.7 Å². The molecule has 0 unspecified atom stereocenters. The Morgan fingerprint density at radius 1 is 0.966 bits per heavy atom. The molecule has 0 atom stereocenters. The van der Waals surface area contributed by atoms with E-state index in [1.807, 2.05) is 60.7 Å². The van der Waals surface area contributed by atoms with Gasteiger partial charge < -0.3 is 9.57 Å². The highest BCUT2D eigenvalue weighted by Crippen LogP contribution is 2.28. The highest BCUT2D eigenvalue weighted by Gasteiger charge is 2.26. The van der Waals surface area contributed by atoms with E-state index in [2.05, 4.69) is 5.16 Å². The monoisotopic (exact) mass is 423 g/mol. The smallest absolute Gasteiger partial charge is 0.368 e. The number of halogens is 2. The molecule has 4 rings (SSSR count). The van der Waals surface area contributed by atoms with Gasteiger partial charge in [0.15, 0.2) is 0 Å². The minimum absolute atomic E-state index is 0.370. The third-order valence-electron chi connectivity index (χ3n) is 4.32. The summed E-state index contributed by atoms with van der Waals surface area (Å²) in [6, 6.07) is 22.1. The molecule has 3 aromatic rings. The van der Waals surface area contributed by atoms with E-state index in [1.165, 1.54) is 0 Å². The van der Waals surface area contributed by atoms with Crippen LogP contribution in [0.25, 0.3) is 6.08 Å². The third-order valence-corrected chi connectivity index (χ3v) is 4.86. The number of hydrogen-bond acceptors (Lipinski definition) is 4. The van der Waals surface area contributed by atoms with E-state index in [-0.39, 0.29) is 0 Å². The van der Waals surface area contributed by atoms with E-state index in [4.69, 9.17) is 32.8 Å². The van der Waals surface area contributed by atoms with Crippen molar-refractivity contribution >= 4 is 41.0 Å². The summed E-state index contributed by atoms with van der Waals surface area (Å²) in [4.78, 5) is 17.0. The molecule has 0 bridgehead atoms. The first-order valence-electron chi connectivity index (χ1n) is 8.84. The van der Waals surface area contributed by atoms with Crippen LogP contribution in [0.2, 0.25) is 10.0 Å². The molecule has 0 fully saturated rings. The SMILES string of the molecule is O=C1ON=C(c2ccccc2)/C1=C/c1ccc(OCc2ccc(Cl)cc2)c(Cl)c1. The standard InChI is InChI=1S/C23H15Cl2NO3/c24-18-9-6-15(7-10-18)14-28-21-11-8-16(13-20(21)25)12-19-22(26-29-23(19)27)17-4-2-1-3-5-17/h1-13H,14H2/b19-12-. The molecule has 1 heterocycles. The lowest BCUT2D eigenvalue weighted by Gasteiger charge is -2.09. The van der Waals surface area contributed by atoms with Gasteiger partial charge in [0.05, 0.1) is 10.6 Å². The van der Waals surface area contributed by atoms with Gasteiger partial charge in [-0.15, -0.1) is 0 Å². The van der Waals surface area contributed by atoms with Crippen molar-refractivity contribution in [2.75, 3.05) is 0 Å². The highest BCUT2D eigenvalue weighted by atomic mass is 35.5. The van der Waals surface area contributed by atoms with E-state index < -0.39 is 5.97 Å². The fourth-order valence-corrected chi connectivity index (χ4v) is 3.22. The minimum Gasteiger partial charge on any atom is -0.487 e. The average Bonchev–Trinajstić information content (AvgIpc) is 3.09. The minimum atomic E-state index is -0.497. The number of nitrogens with zero attached hydrogens (tertiary/aromatic N) is 1. The van der Waals surface area contributed by atoms with Crippen LogP contribution in [0.1, 0.15) is 16.7 Å². The molecule has 0 spiro atoms. The number of rotatable bonds is 5. The zero-order chi connectivity index (χ0) is 20.2. The summed E-state index contributed by atoms with van der Waals surface area (Å²) in [6.45, 7) is 0.370. The summed E-state index contributed by atoms with van der Waals surface area (Å²) < 4.78 is 5.79. The first kappa shape index (κ1) is 19.2. The maximum absolute atomic E-state index is 12.1. The first-order valence-corrected chi connectivity index (χ1v) is 9.59. The summed E-state index contributed by atoms with van der Waals surface area (Å²) in [6.07, 6.45) is 1.70. The van der Waals surface area contributed by atoms with Crippen molar-refractivity contribution in [3.63, 3.8) is 0 Å². The van der Waals surface area contributed by atoms with Crippen molar-refractivity contribution in [1.82, 2.24) is 0 Å². The summed E-state index contributed by atoms with van der Waals surface area (Å²) in [7, 11) is 0. The quantitative estimate of drug-likeness (QED) is 0.378. The molecule has 0 amide bonds. The van der Waals surface area contributed by atoms with Crippen molar-refractivity contribution in [1.29, 1.82) is 0 Å². The van der Waals surface area contributed by atoms with E-state index >= 15 is 0 Å². The Hall–Kier alpha value is -3.08. The molecule has 0 N–H and O–H groups in total. The van der Waals surface area contributed by atoms with Crippen LogP contribution in [0, 0.1) is 0 Å². The summed E-state index contributed by atoms with van der Waals surface area (Å²) in [5.74, 6) is 0.0535. The van der Waals surface area contributed by atoms with Gasteiger partial charge in [-0.3, -0.25) is 0 Å². The lowest BCUT2D eigenvalue weighted by atomic mass is 10.0. The predicted molar refractivity (Wildman–Crippen MR) is 114 cm³/mol. The molecular weight excluding hydrogens is 409 g/mol. The Balaban J connectivity index is 1.53. The van der Waals surface area contributed by atoms with Crippen LogP contribution in [0.4, 0.5) is 0 Å². The zero-order valence-electron chi connectivity index (χ0n) is 15.1. The van der Waals surface area contributed by atoms with Gasteiger partial charge in [0.25, 0.3) is 0 Å². The Morgan fingerprint density at radius 3 is 2.45 bits per heavy atom. The van der Waals surface area contributed by atoms with Crippen LogP contribution in [0.15, 0.2) is 83.5 Å². The molecule has 3 aromatic carbocycles. The van der Waals surface area contributed by atoms with Crippen molar-refractivity contribution in [2.24, 2.45) is 5.16 Å². The summed E-state index contributed by atoms with van der Waals surface area (Å²) >= 11 is 12.3. The van der Waals surface area contributed by atoms with Crippen molar-refractivity contribution in [2.45, 2.75) is 6.61 Å². The molecule has 4 nitrogen and oxygen atoms in total. The number of ether oxygens (including phenoxy) is 1. The largest absolute Gasteiger partial charge is 0.487 e. The first-order chi connectivity index (χ1) is 14.1. The second-order valence-electron chi connectivity index (χ2n) is 6.35.